The molecule has 2 rings (SSSR count). The van der Waals surface area contributed by atoms with Gasteiger partial charge in [0.25, 0.3) is 0 Å². The summed E-state index contributed by atoms with van der Waals surface area (Å²) in [5.74, 6) is -0.603. The number of benzene rings is 1. The van der Waals surface area contributed by atoms with E-state index in [-0.39, 0.29) is 17.9 Å². The molecule has 0 bridgehead atoms. The van der Waals surface area contributed by atoms with Crippen LogP contribution in [0.2, 0.25) is 0 Å². The summed E-state index contributed by atoms with van der Waals surface area (Å²) in [5.41, 5.74) is 3.90. The molecule has 0 spiro atoms. The Morgan fingerprint density at radius 1 is 1.43 bits per heavy atom. The van der Waals surface area contributed by atoms with E-state index < -0.39 is 5.97 Å². The molecule has 110 valence electrons. The minimum atomic E-state index is -0.514. The fourth-order valence-electron chi connectivity index (χ4n) is 1.76. The van der Waals surface area contributed by atoms with Gasteiger partial charge in [0.05, 0.1) is 23.4 Å². The van der Waals surface area contributed by atoms with Crippen LogP contribution in [0.5, 0.6) is 5.75 Å². The van der Waals surface area contributed by atoms with Crippen LogP contribution in [0, 0.1) is 6.92 Å². The molecule has 1 aromatic carbocycles. The van der Waals surface area contributed by atoms with Gasteiger partial charge in [0.2, 0.25) is 0 Å². The van der Waals surface area contributed by atoms with Crippen LogP contribution >= 0.6 is 11.3 Å². The van der Waals surface area contributed by atoms with Crippen LogP contribution in [0.25, 0.3) is 0 Å². The van der Waals surface area contributed by atoms with E-state index in [4.69, 9.17) is 4.74 Å². The lowest BCUT2D eigenvalue weighted by Crippen LogP contribution is -2.04. The first kappa shape index (κ1) is 15.1. The summed E-state index contributed by atoms with van der Waals surface area (Å²) in [6, 6.07) is 9.45. The third kappa shape index (κ3) is 3.61. The number of carbonyl (C=O) groups excluding carboxylic acids is 1. The summed E-state index contributed by atoms with van der Waals surface area (Å²) in [4.78, 5) is 13.0. The van der Waals surface area contributed by atoms with Crippen LogP contribution in [0.1, 0.15) is 27.0 Å². The maximum atomic E-state index is 11.8. The van der Waals surface area contributed by atoms with Crippen LogP contribution in [0.4, 0.5) is 5.69 Å². The fourth-order valence-corrected chi connectivity index (χ4v) is 2.68. The molecule has 0 fully saturated rings. The first-order chi connectivity index (χ1) is 10.1. The number of carbonyl (C=O) groups is 1. The van der Waals surface area contributed by atoms with E-state index in [0.717, 1.165) is 5.69 Å². The number of hydrogen-bond acceptors (Lipinski definition) is 6. The molecule has 0 saturated heterocycles. The Bertz CT molecular complexity index is 650. The zero-order chi connectivity index (χ0) is 15.2. The van der Waals surface area contributed by atoms with Gasteiger partial charge in [-0.25, -0.2) is 4.79 Å². The molecule has 6 heteroatoms. The third-order valence-corrected chi connectivity index (χ3v) is 3.74. The molecular formula is C15H16N2O3S. The van der Waals surface area contributed by atoms with E-state index in [1.165, 1.54) is 17.6 Å². The second-order valence-electron chi connectivity index (χ2n) is 4.20. The number of hydrazone groups is 1. The number of hydrogen-bond donors (Lipinski definition) is 2. The summed E-state index contributed by atoms with van der Waals surface area (Å²) in [6.45, 7) is 3.76. The van der Waals surface area contributed by atoms with Gasteiger partial charge in [-0.05, 0) is 26.0 Å². The first-order valence-corrected chi connectivity index (χ1v) is 7.28. The van der Waals surface area contributed by atoms with Crippen molar-refractivity contribution in [2.45, 2.75) is 13.8 Å². The minimum absolute atomic E-state index is 0.0884. The van der Waals surface area contributed by atoms with Gasteiger partial charge in [-0.3, -0.25) is 5.43 Å². The monoisotopic (exact) mass is 304 g/mol. The van der Waals surface area contributed by atoms with Crippen molar-refractivity contribution in [1.82, 2.24) is 0 Å². The SMILES string of the molecule is CCOC(=O)c1c(C)sc(/C=N\Nc2ccccc2)c1O. The summed E-state index contributed by atoms with van der Waals surface area (Å²) >= 11 is 1.29. The van der Waals surface area contributed by atoms with E-state index in [0.29, 0.717) is 9.75 Å². The van der Waals surface area contributed by atoms with Crippen molar-refractivity contribution in [2.75, 3.05) is 12.0 Å². The maximum absolute atomic E-state index is 11.8. The second kappa shape index (κ2) is 6.90. The standard InChI is InChI=1S/C15H16N2O3S/c1-3-20-15(19)13-10(2)21-12(14(13)18)9-16-17-11-7-5-4-6-8-11/h4-9,17-18H,3H2,1-2H3/b16-9-. The molecule has 0 atom stereocenters. The molecule has 0 aliphatic carbocycles. The van der Waals surface area contributed by atoms with E-state index in [1.54, 1.807) is 13.8 Å². The summed E-state index contributed by atoms with van der Waals surface area (Å²) in [5, 5.41) is 14.2. The molecule has 0 amide bonds. The molecule has 21 heavy (non-hydrogen) atoms. The van der Waals surface area contributed by atoms with Gasteiger partial charge in [-0.2, -0.15) is 5.10 Å². The smallest absolute Gasteiger partial charge is 0.343 e. The number of nitrogens with zero attached hydrogens (tertiary/aromatic N) is 1. The molecule has 0 saturated carbocycles. The van der Waals surface area contributed by atoms with Crippen LogP contribution in [0.3, 0.4) is 0 Å². The molecule has 1 heterocycles. The number of aryl methyl sites for hydroxylation is 1. The van der Waals surface area contributed by atoms with E-state index in [1.807, 2.05) is 30.3 Å². The predicted molar refractivity (Wildman–Crippen MR) is 84.3 cm³/mol. The number of thiophene rings is 1. The van der Waals surface area contributed by atoms with Gasteiger partial charge in [-0.15, -0.1) is 11.3 Å². The van der Waals surface area contributed by atoms with Crippen molar-refractivity contribution in [1.29, 1.82) is 0 Å². The topological polar surface area (TPSA) is 70.9 Å². The Morgan fingerprint density at radius 3 is 2.81 bits per heavy atom. The minimum Gasteiger partial charge on any atom is -0.505 e. The molecule has 0 aliphatic heterocycles. The average molecular weight is 304 g/mol. The van der Waals surface area contributed by atoms with E-state index in [2.05, 4.69) is 10.5 Å². The number of aromatic hydroxyl groups is 1. The van der Waals surface area contributed by atoms with E-state index in [9.17, 15) is 9.90 Å². The van der Waals surface area contributed by atoms with Crippen molar-refractivity contribution < 1.29 is 14.6 Å². The highest BCUT2D eigenvalue weighted by molar-refractivity contribution is 7.14. The second-order valence-corrected chi connectivity index (χ2v) is 5.46. The highest BCUT2D eigenvalue weighted by Crippen LogP contribution is 2.33. The average Bonchev–Trinajstić information content (AvgIpc) is 2.75. The van der Waals surface area contributed by atoms with Crippen LogP contribution in [-0.4, -0.2) is 23.9 Å². The Morgan fingerprint density at radius 2 is 2.14 bits per heavy atom. The van der Waals surface area contributed by atoms with Gasteiger partial charge in [0.15, 0.2) is 0 Å². The highest BCUT2D eigenvalue weighted by Gasteiger charge is 2.21. The largest absolute Gasteiger partial charge is 0.505 e. The third-order valence-electron chi connectivity index (χ3n) is 2.71. The lowest BCUT2D eigenvalue weighted by Gasteiger charge is -2.01. The molecule has 2 N–H and O–H groups in total. The van der Waals surface area contributed by atoms with Gasteiger partial charge in [0.1, 0.15) is 11.3 Å². The summed E-state index contributed by atoms with van der Waals surface area (Å²) < 4.78 is 4.92. The number of rotatable bonds is 5. The van der Waals surface area contributed by atoms with Crippen molar-refractivity contribution in [3.63, 3.8) is 0 Å². The zero-order valence-corrected chi connectivity index (χ0v) is 12.6. The number of para-hydroxylation sites is 1. The predicted octanol–water partition coefficient (Wildman–Crippen LogP) is 3.38. The molecule has 0 radical (unpaired) electrons. The van der Waals surface area contributed by atoms with Gasteiger partial charge in [0, 0.05) is 4.88 Å². The summed E-state index contributed by atoms with van der Waals surface area (Å²) in [7, 11) is 0. The molecule has 1 aromatic heterocycles. The molecule has 2 aromatic rings. The maximum Gasteiger partial charge on any atom is 0.343 e. The first-order valence-electron chi connectivity index (χ1n) is 6.47. The van der Waals surface area contributed by atoms with Crippen molar-refractivity contribution >= 4 is 29.2 Å². The van der Waals surface area contributed by atoms with E-state index >= 15 is 0 Å². The Labute approximate surface area is 126 Å². The summed E-state index contributed by atoms with van der Waals surface area (Å²) in [6.07, 6.45) is 1.49. The number of anilines is 1. The molecule has 0 unspecified atom stereocenters. The number of nitrogens with one attached hydrogen (secondary N) is 1. The van der Waals surface area contributed by atoms with Crippen molar-refractivity contribution in [3.8, 4) is 5.75 Å². The van der Waals surface area contributed by atoms with Crippen molar-refractivity contribution in [3.05, 3.63) is 45.6 Å². The lowest BCUT2D eigenvalue weighted by atomic mass is 10.2. The zero-order valence-electron chi connectivity index (χ0n) is 11.8. The Kier molecular flexibility index (Phi) is 4.94. The Balaban J connectivity index is 2.14. The molecular weight excluding hydrogens is 288 g/mol. The van der Waals surface area contributed by atoms with Crippen LogP contribution < -0.4 is 5.43 Å². The van der Waals surface area contributed by atoms with Gasteiger partial charge < -0.3 is 9.84 Å². The quantitative estimate of drug-likeness (QED) is 0.504. The normalized spacial score (nSPS) is 10.8. The van der Waals surface area contributed by atoms with Gasteiger partial charge >= 0.3 is 5.97 Å². The number of esters is 1. The van der Waals surface area contributed by atoms with Crippen molar-refractivity contribution in [2.24, 2.45) is 5.10 Å². The fraction of sp³-hybridized carbons (Fsp3) is 0.200. The van der Waals surface area contributed by atoms with Gasteiger partial charge in [-0.1, -0.05) is 18.2 Å². The van der Waals surface area contributed by atoms with Crippen LogP contribution in [-0.2, 0) is 4.74 Å². The number of ether oxygens (including phenoxy) is 1. The lowest BCUT2D eigenvalue weighted by molar-refractivity contribution is 0.0523. The molecule has 5 nitrogen and oxygen atoms in total. The highest BCUT2D eigenvalue weighted by atomic mass is 32.1. The van der Waals surface area contributed by atoms with Crippen LogP contribution in [0.15, 0.2) is 35.4 Å². The molecule has 0 aliphatic rings. The Hall–Kier alpha value is -2.34.